The van der Waals surface area contributed by atoms with Crippen LogP contribution in [0, 0.1) is 6.92 Å². The van der Waals surface area contributed by atoms with E-state index in [0.717, 1.165) is 31.0 Å². The van der Waals surface area contributed by atoms with Crippen LogP contribution in [-0.4, -0.2) is 34.6 Å². The number of rotatable bonds is 5. The summed E-state index contributed by atoms with van der Waals surface area (Å²) in [6, 6.07) is 6.40. The van der Waals surface area contributed by atoms with E-state index in [1.54, 1.807) is 0 Å². The molecule has 1 atom stereocenters. The molecule has 0 radical (unpaired) electrons. The number of alkyl halides is 1. The van der Waals surface area contributed by atoms with Crippen LogP contribution in [0.4, 0.5) is 0 Å². The number of fused-ring (bicyclic) bond motifs is 1. The molecule has 0 aliphatic carbocycles. The Bertz CT molecular complexity index is 560. The van der Waals surface area contributed by atoms with Crippen LogP contribution in [0.2, 0.25) is 0 Å². The van der Waals surface area contributed by atoms with Crippen molar-refractivity contribution in [2.24, 2.45) is 0 Å². The van der Waals surface area contributed by atoms with Gasteiger partial charge in [-0.05, 0) is 45.1 Å². The average Bonchev–Trinajstić information content (AvgIpc) is 2.73. The number of benzene rings is 1. The van der Waals surface area contributed by atoms with Gasteiger partial charge in [-0.25, -0.2) is 4.98 Å². The van der Waals surface area contributed by atoms with Crippen LogP contribution < -0.4 is 0 Å². The van der Waals surface area contributed by atoms with Gasteiger partial charge in [0.1, 0.15) is 5.82 Å². The highest BCUT2D eigenvalue weighted by atomic mass is 35.5. The summed E-state index contributed by atoms with van der Waals surface area (Å²) in [6.07, 6.45) is 0. The molecule has 0 amide bonds. The molecule has 1 heterocycles. The zero-order valence-corrected chi connectivity index (χ0v) is 12.9. The van der Waals surface area contributed by atoms with Crippen molar-refractivity contribution in [3.05, 3.63) is 29.6 Å². The number of aromatic nitrogens is 2. The molecule has 0 spiro atoms. The van der Waals surface area contributed by atoms with E-state index in [4.69, 9.17) is 11.6 Å². The highest BCUT2D eigenvalue weighted by Crippen LogP contribution is 2.25. The number of likely N-dealkylation sites (N-methyl/N-ethyl adjacent to an activating group) is 1. The molecule has 0 aliphatic rings. The minimum Gasteiger partial charge on any atom is -0.325 e. The van der Waals surface area contributed by atoms with Gasteiger partial charge >= 0.3 is 0 Å². The van der Waals surface area contributed by atoms with Gasteiger partial charge in [0.05, 0.1) is 16.4 Å². The van der Waals surface area contributed by atoms with Gasteiger partial charge in [0.25, 0.3) is 0 Å². The monoisotopic (exact) mass is 279 g/mol. The lowest BCUT2D eigenvalue weighted by atomic mass is 10.2. The summed E-state index contributed by atoms with van der Waals surface area (Å²) in [6.45, 7) is 9.23. The highest BCUT2D eigenvalue weighted by molar-refractivity contribution is 6.20. The Morgan fingerprint density at radius 1 is 1.42 bits per heavy atom. The average molecular weight is 280 g/mol. The van der Waals surface area contributed by atoms with E-state index in [2.05, 4.69) is 53.5 Å². The quantitative estimate of drug-likeness (QED) is 0.780. The first-order valence-corrected chi connectivity index (χ1v) is 7.26. The van der Waals surface area contributed by atoms with Crippen molar-refractivity contribution in [1.82, 2.24) is 14.5 Å². The largest absolute Gasteiger partial charge is 0.325 e. The van der Waals surface area contributed by atoms with E-state index in [1.807, 2.05) is 6.92 Å². The van der Waals surface area contributed by atoms with Crippen molar-refractivity contribution < 1.29 is 0 Å². The summed E-state index contributed by atoms with van der Waals surface area (Å²) >= 11 is 6.27. The van der Waals surface area contributed by atoms with E-state index < -0.39 is 0 Å². The van der Waals surface area contributed by atoms with Crippen molar-refractivity contribution in [2.45, 2.75) is 32.7 Å². The summed E-state index contributed by atoms with van der Waals surface area (Å²) in [5.74, 6) is 0.965. The number of imidazole rings is 1. The van der Waals surface area contributed by atoms with E-state index in [0.29, 0.717) is 0 Å². The van der Waals surface area contributed by atoms with Crippen LogP contribution in [0.15, 0.2) is 18.2 Å². The molecule has 0 bridgehead atoms. The fourth-order valence-corrected chi connectivity index (χ4v) is 2.39. The lowest BCUT2D eigenvalue weighted by Crippen LogP contribution is -2.23. The number of hydrogen-bond acceptors (Lipinski definition) is 2. The number of nitrogens with zero attached hydrogens (tertiary/aromatic N) is 3. The molecule has 4 heteroatoms. The van der Waals surface area contributed by atoms with Gasteiger partial charge in [0.2, 0.25) is 0 Å². The van der Waals surface area contributed by atoms with Crippen molar-refractivity contribution in [3.8, 4) is 0 Å². The summed E-state index contributed by atoms with van der Waals surface area (Å²) in [7, 11) is 2.13. The van der Waals surface area contributed by atoms with Crippen molar-refractivity contribution in [3.63, 3.8) is 0 Å². The first-order valence-electron chi connectivity index (χ1n) is 6.82. The minimum atomic E-state index is -0.0698. The van der Waals surface area contributed by atoms with Crippen LogP contribution in [0.5, 0.6) is 0 Å². The summed E-state index contributed by atoms with van der Waals surface area (Å²) in [5.41, 5.74) is 3.45. The van der Waals surface area contributed by atoms with E-state index >= 15 is 0 Å². The molecular weight excluding hydrogens is 258 g/mol. The summed E-state index contributed by atoms with van der Waals surface area (Å²) in [4.78, 5) is 6.98. The Labute approximate surface area is 120 Å². The number of aryl methyl sites for hydroxylation is 1. The third-order valence-corrected chi connectivity index (χ3v) is 3.73. The number of halogens is 1. The molecule has 2 aromatic rings. The fraction of sp³-hybridized carbons (Fsp3) is 0.533. The molecule has 104 valence electrons. The third-order valence-electron chi connectivity index (χ3n) is 3.53. The maximum atomic E-state index is 6.27. The Hall–Kier alpha value is -1.06. The zero-order chi connectivity index (χ0) is 14.0. The van der Waals surface area contributed by atoms with Gasteiger partial charge in [-0.2, -0.15) is 0 Å². The molecular formula is C15H22ClN3. The molecule has 0 fully saturated rings. The lowest BCUT2D eigenvalue weighted by Gasteiger charge is -2.16. The minimum absolute atomic E-state index is 0.0698. The van der Waals surface area contributed by atoms with E-state index in [1.165, 1.54) is 11.1 Å². The van der Waals surface area contributed by atoms with Gasteiger partial charge in [-0.15, -0.1) is 11.6 Å². The Morgan fingerprint density at radius 2 is 2.16 bits per heavy atom. The lowest BCUT2D eigenvalue weighted by molar-refractivity contribution is 0.335. The molecule has 19 heavy (non-hydrogen) atoms. The standard InChI is InChI=1S/C15H22ClN3/c1-5-18(4)8-9-19-14-7-6-11(2)10-13(14)17-15(19)12(3)16/h6-7,10,12H,5,8-9H2,1-4H3. The van der Waals surface area contributed by atoms with Crippen LogP contribution in [0.3, 0.4) is 0 Å². The van der Waals surface area contributed by atoms with Gasteiger partial charge in [0.15, 0.2) is 0 Å². The fourth-order valence-electron chi connectivity index (χ4n) is 2.23. The molecule has 2 rings (SSSR count). The Balaban J connectivity index is 2.40. The summed E-state index contributed by atoms with van der Waals surface area (Å²) in [5, 5.41) is -0.0698. The molecule has 1 aromatic carbocycles. The first-order chi connectivity index (χ1) is 9.02. The Kier molecular flexibility index (Phi) is 4.48. The Morgan fingerprint density at radius 3 is 2.79 bits per heavy atom. The van der Waals surface area contributed by atoms with Crippen LogP contribution in [-0.2, 0) is 6.54 Å². The van der Waals surface area contributed by atoms with Crippen molar-refractivity contribution in [2.75, 3.05) is 20.1 Å². The smallest absolute Gasteiger partial charge is 0.127 e. The summed E-state index contributed by atoms with van der Waals surface area (Å²) < 4.78 is 2.25. The van der Waals surface area contributed by atoms with Crippen molar-refractivity contribution >= 4 is 22.6 Å². The second kappa shape index (κ2) is 5.93. The van der Waals surface area contributed by atoms with Crippen LogP contribution >= 0.6 is 11.6 Å². The molecule has 3 nitrogen and oxygen atoms in total. The van der Waals surface area contributed by atoms with Gasteiger partial charge < -0.3 is 9.47 Å². The predicted molar refractivity (Wildman–Crippen MR) is 81.9 cm³/mol. The van der Waals surface area contributed by atoms with E-state index in [-0.39, 0.29) is 5.38 Å². The van der Waals surface area contributed by atoms with Crippen molar-refractivity contribution in [1.29, 1.82) is 0 Å². The second-order valence-corrected chi connectivity index (χ2v) is 5.78. The molecule has 1 aromatic heterocycles. The highest BCUT2D eigenvalue weighted by Gasteiger charge is 2.15. The van der Waals surface area contributed by atoms with Crippen LogP contribution in [0.1, 0.15) is 30.6 Å². The zero-order valence-electron chi connectivity index (χ0n) is 12.2. The normalized spacial score (nSPS) is 13.4. The SMILES string of the molecule is CCN(C)CCn1c(C(C)Cl)nc2cc(C)ccc21. The topological polar surface area (TPSA) is 21.1 Å². The predicted octanol–water partition coefficient (Wildman–Crippen LogP) is 3.60. The number of hydrogen-bond donors (Lipinski definition) is 0. The van der Waals surface area contributed by atoms with Gasteiger partial charge in [0, 0.05) is 13.1 Å². The van der Waals surface area contributed by atoms with Crippen LogP contribution in [0.25, 0.3) is 11.0 Å². The van der Waals surface area contributed by atoms with Gasteiger partial charge in [-0.3, -0.25) is 0 Å². The van der Waals surface area contributed by atoms with E-state index in [9.17, 15) is 0 Å². The molecule has 0 saturated carbocycles. The van der Waals surface area contributed by atoms with Gasteiger partial charge in [-0.1, -0.05) is 13.0 Å². The molecule has 0 saturated heterocycles. The first kappa shape index (κ1) is 14.4. The molecule has 0 aliphatic heterocycles. The molecule has 1 unspecified atom stereocenters. The second-order valence-electron chi connectivity index (χ2n) is 5.13. The maximum absolute atomic E-state index is 6.27. The maximum Gasteiger partial charge on any atom is 0.127 e. The third kappa shape index (κ3) is 3.10. The molecule has 0 N–H and O–H groups in total.